The van der Waals surface area contributed by atoms with E-state index in [4.69, 9.17) is 4.74 Å². The van der Waals surface area contributed by atoms with E-state index in [1.54, 1.807) is 12.1 Å². The van der Waals surface area contributed by atoms with Gasteiger partial charge in [0.15, 0.2) is 0 Å². The molecule has 0 spiro atoms. The molecule has 1 aromatic heterocycles. The number of rotatable bonds is 6. The SMILES string of the molecule is CC(C)(C)C1=C[I-]C=C([C@H]2CC[C@H](c3cc(Nc4ccc(CC=O)cc4F)n[nH]3)C2)O1. The number of H-pyrrole nitrogens is 1. The van der Waals surface area contributed by atoms with Crippen LogP contribution in [0, 0.1) is 17.2 Å². The molecular weight excluding hydrogens is 508 g/mol. The number of aromatic nitrogens is 2. The summed E-state index contributed by atoms with van der Waals surface area (Å²) in [6, 6.07) is 6.74. The van der Waals surface area contributed by atoms with Crippen LogP contribution in [-0.4, -0.2) is 16.5 Å². The fourth-order valence-corrected chi connectivity index (χ4v) is 6.52. The Morgan fingerprint density at radius 3 is 2.81 bits per heavy atom. The van der Waals surface area contributed by atoms with Crippen molar-refractivity contribution in [1.29, 1.82) is 0 Å². The van der Waals surface area contributed by atoms with E-state index >= 15 is 0 Å². The summed E-state index contributed by atoms with van der Waals surface area (Å²) in [5.41, 5.74) is 2.12. The molecule has 31 heavy (non-hydrogen) atoms. The molecular formula is C24H28FIN3O2-. The molecule has 0 bridgehead atoms. The Kier molecular flexibility index (Phi) is 6.50. The van der Waals surface area contributed by atoms with E-state index in [2.05, 4.69) is 44.5 Å². The van der Waals surface area contributed by atoms with Gasteiger partial charge in [0, 0.05) is 6.42 Å². The second kappa shape index (κ2) is 9.14. The number of anilines is 2. The maximum atomic E-state index is 14.3. The molecule has 7 heteroatoms. The summed E-state index contributed by atoms with van der Waals surface area (Å²) < 4.78 is 25.2. The van der Waals surface area contributed by atoms with E-state index in [0.717, 1.165) is 42.8 Å². The summed E-state index contributed by atoms with van der Waals surface area (Å²) in [5.74, 6) is 3.29. The van der Waals surface area contributed by atoms with E-state index in [0.29, 0.717) is 28.9 Å². The molecule has 1 aliphatic carbocycles. The number of ether oxygens (including phenoxy) is 1. The van der Waals surface area contributed by atoms with Crippen LogP contribution in [0.2, 0.25) is 0 Å². The van der Waals surface area contributed by atoms with Gasteiger partial charge in [0.25, 0.3) is 0 Å². The molecule has 5 nitrogen and oxygen atoms in total. The first-order valence-electron chi connectivity index (χ1n) is 10.6. The standard InChI is InChI=1S/C24H28FIN3O2/c1-24(2,3)22-14-26-13-21(31-22)17-6-5-16(11-17)20-12-23(29-28-20)27-19-7-4-15(8-9-30)10-18(19)25/h4,7,9-10,12-14,16-17H,5-6,8,11H2,1-3H3,(H2,27,28,29)/q-1/t16-,17-/m0/s1. The minimum atomic E-state index is -0.391. The van der Waals surface area contributed by atoms with Crippen molar-refractivity contribution in [2.45, 2.75) is 52.4 Å². The summed E-state index contributed by atoms with van der Waals surface area (Å²) >= 11 is -0.0867. The Balaban J connectivity index is 1.38. The first-order valence-corrected chi connectivity index (χ1v) is 13.1. The van der Waals surface area contributed by atoms with Gasteiger partial charge in [-0.1, -0.05) is 0 Å². The van der Waals surface area contributed by atoms with Gasteiger partial charge >= 0.3 is 170 Å². The van der Waals surface area contributed by atoms with Gasteiger partial charge < -0.3 is 4.79 Å². The van der Waals surface area contributed by atoms with Crippen molar-refractivity contribution in [2.24, 2.45) is 11.3 Å². The number of halogens is 2. The number of carbonyl (C=O) groups excluding carboxylic acids is 1. The molecule has 0 amide bonds. The van der Waals surface area contributed by atoms with E-state index in [9.17, 15) is 9.18 Å². The fraction of sp³-hybridized carbons (Fsp3) is 0.417. The van der Waals surface area contributed by atoms with Crippen LogP contribution >= 0.6 is 0 Å². The summed E-state index contributed by atoms with van der Waals surface area (Å²) in [7, 11) is 0. The van der Waals surface area contributed by atoms with Crippen LogP contribution in [0.5, 0.6) is 0 Å². The van der Waals surface area contributed by atoms with Gasteiger partial charge in [-0.05, 0) is 5.56 Å². The number of allylic oxidation sites excluding steroid dienone is 2. The fourth-order valence-electron chi connectivity index (χ4n) is 3.96. The molecule has 0 unspecified atom stereocenters. The number of aldehydes is 1. The predicted octanol–water partition coefficient (Wildman–Crippen LogP) is 2.77. The van der Waals surface area contributed by atoms with Crippen LogP contribution in [0.3, 0.4) is 0 Å². The van der Waals surface area contributed by atoms with Crippen molar-refractivity contribution in [3.05, 3.63) is 61.0 Å². The number of benzene rings is 1. The van der Waals surface area contributed by atoms with Crippen LogP contribution in [0.4, 0.5) is 15.9 Å². The average Bonchev–Trinajstić information content (AvgIpc) is 3.39. The van der Waals surface area contributed by atoms with Gasteiger partial charge in [-0.2, -0.15) is 0 Å². The molecule has 2 heterocycles. The molecule has 1 saturated carbocycles. The Morgan fingerprint density at radius 2 is 2.06 bits per heavy atom. The summed E-state index contributed by atoms with van der Waals surface area (Å²) in [4.78, 5) is 10.6. The third-order valence-electron chi connectivity index (χ3n) is 5.79. The van der Waals surface area contributed by atoms with Crippen LogP contribution in [0.15, 0.2) is 43.9 Å². The average molecular weight is 536 g/mol. The molecule has 4 rings (SSSR count). The second-order valence-corrected chi connectivity index (χ2v) is 11.2. The quantitative estimate of drug-likeness (QED) is 0.441. The van der Waals surface area contributed by atoms with Crippen LogP contribution in [0.25, 0.3) is 0 Å². The number of carbonyl (C=O) groups is 1. The van der Waals surface area contributed by atoms with Crippen molar-refractivity contribution in [3.63, 3.8) is 0 Å². The summed E-state index contributed by atoms with van der Waals surface area (Å²) in [6.45, 7) is 6.59. The van der Waals surface area contributed by atoms with Gasteiger partial charge in [0.1, 0.15) is 6.29 Å². The molecule has 2 aromatic rings. The second-order valence-electron chi connectivity index (χ2n) is 9.19. The van der Waals surface area contributed by atoms with Crippen molar-refractivity contribution in [1.82, 2.24) is 10.2 Å². The monoisotopic (exact) mass is 536 g/mol. The maximum absolute atomic E-state index is 14.3. The first-order chi connectivity index (χ1) is 14.8. The van der Waals surface area contributed by atoms with Crippen LogP contribution in [-0.2, 0) is 16.0 Å². The number of aromatic amines is 1. The molecule has 1 fully saturated rings. The third kappa shape index (κ3) is 5.19. The zero-order valence-corrected chi connectivity index (χ0v) is 20.2. The molecule has 1 aromatic carbocycles. The van der Waals surface area contributed by atoms with Gasteiger partial charge in [-0.15, -0.1) is 0 Å². The minimum absolute atomic E-state index is 0.0436. The van der Waals surface area contributed by atoms with Crippen molar-refractivity contribution in [3.8, 4) is 0 Å². The Hall–Kier alpha value is -2.16. The summed E-state index contributed by atoms with van der Waals surface area (Å²) in [6.07, 6.45) is 4.19. The molecule has 2 atom stereocenters. The predicted molar refractivity (Wildman–Crippen MR) is 115 cm³/mol. The van der Waals surface area contributed by atoms with Gasteiger partial charge in [-0.3, -0.25) is 0 Å². The molecule has 166 valence electrons. The third-order valence-corrected chi connectivity index (χ3v) is 7.69. The zero-order valence-electron chi connectivity index (χ0n) is 18.0. The Labute approximate surface area is 192 Å². The topological polar surface area (TPSA) is 67.0 Å². The van der Waals surface area contributed by atoms with E-state index in [1.807, 2.05) is 6.07 Å². The number of hydrogen-bond acceptors (Lipinski definition) is 4. The molecule has 0 saturated heterocycles. The first kappa shape index (κ1) is 22.0. The number of nitrogens with one attached hydrogen (secondary N) is 2. The van der Waals surface area contributed by atoms with E-state index < -0.39 is 5.82 Å². The molecule has 2 N–H and O–H groups in total. The van der Waals surface area contributed by atoms with Gasteiger partial charge in [0.2, 0.25) is 0 Å². The van der Waals surface area contributed by atoms with Gasteiger partial charge in [-0.25, -0.2) is 0 Å². The van der Waals surface area contributed by atoms with Crippen LogP contribution < -0.4 is 26.5 Å². The van der Waals surface area contributed by atoms with Crippen LogP contribution in [0.1, 0.15) is 57.2 Å². The molecule has 1 aliphatic heterocycles. The normalized spacial score (nSPS) is 21.5. The number of nitrogens with zero attached hydrogens (tertiary/aromatic N) is 1. The van der Waals surface area contributed by atoms with E-state index in [-0.39, 0.29) is 33.0 Å². The van der Waals surface area contributed by atoms with E-state index in [1.165, 1.54) is 6.07 Å². The summed E-state index contributed by atoms with van der Waals surface area (Å²) in [5, 5.41) is 10.5. The Morgan fingerprint density at radius 1 is 1.26 bits per heavy atom. The number of hydrogen-bond donors (Lipinski definition) is 2. The van der Waals surface area contributed by atoms with Gasteiger partial charge in [0.05, 0.1) is 0 Å². The molecule has 2 aliphatic rings. The van der Waals surface area contributed by atoms with Crippen molar-refractivity contribution in [2.75, 3.05) is 5.32 Å². The Bertz CT molecular complexity index is 1020. The molecule has 0 radical (unpaired) electrons. The zero-order chi connectivity index (χ0) is 22.0. The van der Waals surface area contributed by atoms with Crippen molar-refractivity contribution < 1.29 is 35.1 Å². The van der Waals surface area contributed by atoms with Crippen molar-refractivity contribution >= 4 is 17.8 Å².